The minimum atomic E-state index is -1.10. The van der Waals surface area contributed by atoms with Gasteiger partial charge in [-0.1, -0.05) is 0 Å². The summed E-state index contributed by atoms with van der Waals surface area (Å²) < 4.78 is 5.10. The van der Waals surface area contributed by atoms with E-state index in [1.54, 1.807) is 27.0 Å². The zero-order chi connectivity index (χ0) is 13.6. The number of aliphatic hydroxyl groups is 1. The number of carbonyl (C=O) groups is 2. The second kappa shape index (κ2) is 6.86. The Morgan fingerprint density at radius 2 is 1.94 bits per heavy atom. The normalized spacial score (nSPS) is 14.9. The van der Waals surface area contributed by atoms with Crippen molar-refractivity contribution in [3.05, 3.63) is 0 Å². The Hall–Kier alpha value is -0.750. The van der Waals surface area contributed by atoms with Crippen molar-refractivity contribution >= 4 is 23.6 Å². The molecule has 0 fully saturated rings. The molecule has 0 saturated heterocycles. The number of carbonyl (C=O) groups excluding carboxylic acids is 2. The van der Waals surface area contributed by atoms with Crippen LogP contribution in [0.15, 0.2) is 0 Å². The number of nitrogens with one attached hydrogen (secondary N) is 1. The maximum atomic E-state index is 11.6. The summed E-state index contributed by atoms with van der Waals surface area (Å²) in [6, 6.07) is -0.766. The van der Waals surface area contributed by atoms with Crippen LogP contribution in [0.1, 0.15) is 27.7 Å². The highest BCUT2D eigenvalue weighted by atomic mass is 32.2. The minimum Gasteiger partial charge on any atom is -0.458 e. The molecule has 2 N–H and O–H groups in total. The Kier molecular flexibility index (Phi) is 6.56. The van der Waals surface area contributed by atoms with Gasteiger partial charge in [-0.05, 0) is 34.0 Å². The lowest BCUT2D eigenvalue weighted by Crippen LogP contribution is -2.46. The van der Waals surface area contributed by atoms with Gasteiger partial charge in [-0.3, -0.25) is 4.79 Å². The molecule has 0 heterocycles. The first-order chi connectivity index (χ1) is 7.67. The molecule has 2 atom stereocenters. The molecule has 1 amide bonds. The quantitative estimate of drug-likeness (QED) is 0.709. The van der Waals surface area contributed by atoms with Crippen LogP contribution >= 0.6 is 11.8 Å². The van der Waals surface area contributed by atoms with E-state index in [-0.39, 0.29) is 0 Å². The Morgan fingerprint density at radius 1 is 1.41 bits per heavy atom. The monoisotopic (exact) mass is 263 g/mol. The summed E-state index contributed by atoms with van der Waals surface area (Å²) >= 11 is 1.36. The summed E-state index contributed by atoms with van der Waals surface area (Å²) in [6.45, 7) is 6.78. The molecular formula is C11H21NO4S. The zero-order valence-electron chi connectivity index (χ0n) is 10.9. The van der Waals surface area contributed by atoms with Crippen LogP contribution in [0.25, 0.3) is 0 Å². The van der Waals surface area contributed by atoms with Gasteiger partial charge in [0.2, 0.25) is 5.91 Å². The fourth-order valence-electron chi connectivity index (χ4n) is 0.992. The van der Waals surface area contributed by atoms with Gasteiger partial charge >= 0.3 is 5.97 Å². The molecule has 0 saturated carbocycles. The molecule has 0 spiro atoms. The van der Waals surface area contributed by atoms with Crippen LogP contribution < -0.4 is 5.32 Å². The third kappa shape index (κ3) is 7.23. The molecule has 2 unspecified atom stereocenters. The fraction of sp³-hybridized carbons (Fsp3) is 0.818. The van der Waals surface area contributed by atoms with E-state index in [0.717, 1.165) is 0 Å². The van der Waals surface area contributed by atoms with Crippen LogP contribution in [0, 0.1) is 0 Å². The molecule has 6 heteroatoms. The van der Waals surface area contributed by atoms with Crippen LogP contribution in [0.3, 0.4) is 0 Å². The molecule has 0 bridgehead atoms. The Balaban J connectivity index is 4.21. The van der Waals surface area contributed by atoms with Gasteiger partial charge < -0.3 is 15.2 Å². The van der Waals surface area contributed by atoms with E-state index in [9.17, 15) is 14.7 Å². The summed E-state index contributed by atoms with van der Waals surface area (Å²) in [5.41, 5.74) is -0.589. The highest BCUT2D eigenvalue weighted by Crippen LogP contribution is 2.08. The number of aliphatic hydroxyl groups excluding tert-OH is 1. The van der Waals surface area contributed by atoms with Crippen molar-refractivity contribution in [2.24, 2.45) is 0 Å². The largest absolute Gasteiger partial charge is 0.458 e. The third-order valence-corrected chi connectivity index (χ3v) is 2.40. The lowest BCUT2D eigenvalue weighted by molar-refractivity contribution is -0.158. The van der Waals surface area contributed by atoms with E-state index in [1.807, 2.05) is 0 Å². The average Bonchev–Trinajstić information content (AvgIpc) is 2.15. The van der Waals surface area contributed by atoms with Gasteiger partial charge in [0.25, 0.3) is 0 Å². The second-order valence-corrected chi connectivity index (χ2v) is 5.65. The van der Waals surface area contributed by atoms with E-state index in [0.29, 0.717) is 5.75 Å². The predicted molar refractivity (Wildman–Crippen MR) is 67.8 cm³/mol. The Labute approximate surface area is 106 Å². The van der Waals surface area contributed by atoms with Gasteiger partial charge in [-0.25, -0.2) is 4.79 Å². The highest BCUT2D eigenvalue weighted by molar-refractivity contribution is 7.98. The first kappa shape index (κ1) is 16.2. The topological polar surface area (TPSA) is 75.6 Å². The number of hydrogen-bond acceptors (Lipinski definition) is 5. The molecule has 0 aromatic carbocycles. The van der Waals surface area contributed by atoms with Crippen LogP contribution in [-0.2, 0) is 14.3 Å². The minimum absolute atomic E-state index is 0.298. The van der Waals surface area contributed by atoms with Gasteiger partial charge in [0, 0.05) is 5.75 Å². The lowest BCUT2D eigenvalue weighted by Gasteiger charge is -2.23. The average molecular weight is 263 g/mol. The van der Waals surface area contributed by atoms with Gasteiger partial charge in [0.05, 0.1) is 0 Å². The molecule has 0 rings (SSSR count). The molecule has 17 heavy (non-hydrogen) atoms. The zero-order valence-corrected chi connectivity index (χ0v) is 11.8. The van der Waals surface area contributed by atoms with Crippen LogP contribution in [0.4, 0.5) is 0 Å². The third-order valence-electron chi connectivity index (χ3n) is 1.75. The maximum Gasteiger partial charge on any atom is 0.328 e. The van der Waals surface area contributed by atoms with Gasteiger partial charge in [0.1, 0.15) is 17.7 Å². The van der Waals surface area contributed by atoms with E-state index >= 15 is 0 Å². The van der Waals surface area contributed by atoms with Gasteiger partial charge in [0.15, 0.2) is 0 Å². The van der Waals surface area contributed by atoms with Crippen LogP contribution in [0.2, 0.25) is 0 Å². The SMILES string of the molecule is CSCC(O)C(=O)NC(C)C(=O)OC(C)(C)C. The molecule has 100 valence electrons. The molecule has 0 aliphatic heterocycles. The van der Waals surface area contributed by atoms with Gasteiger partial charge in [-0.2, -0.15) is 11.8 Å². The van der Waals surface area contributed by atoms with E-state index in [1.165, 1.54) is 18.7 Å². The molecule has 0 aliphatic rings. The molecular weight excluding hydrogens is 242 g/mol. The van der Waals surface area contributed by atoms with Crippen molar-refractivity contribution in [1.82, 2.24) is 5.32 Å². The van der Waals surface area contributed by atoms with Crippen LogP contribution in [0.5, 0.6) is 0 Å². The van der Waals surface area contributed by atoms with Crippen molar-refractivity contribution < 1.29 is 19.4 Å². The standard InChI is InChI=1S/C11H21NO4S/c1-7(10(15)16-11(2,3)4)12-9(14)8(13)6-17-5/h7-8,13H,6H2,1-5H3,(H,12,14). The number of rotatable bonds is 5. The number of amides is 1. The van der Waals surface area contributed by atoms with E-state index in [2.05, 4.69) is 5.32 Å². The van der Waals surface area contributed by atoms with E-state index < -0.39 is 29.6 Å². The lowest BCUT2D eigenvalue weighted by atomic mass is 10.2. The summed E-state index contributed by atoms with van der Waals surface area (Å²) in [5, 5.41) is 11.8. The predicted octanol–water partition coefficient (Wildman–Crippen LogP) is 0.557. The summed E-state index contributed by atoms with van der Waals surface area (Å²) in [4.78, 5) is 23.0. The fourth-order valence-corrected chi connectivity index (χ4v) is 1.46. The number of ether oxygens (including phenoxy) is 1. The Bertz CT molecular complexity index is 275. The van der Waals surface area contributed by atoms with Crippen molar-refractivity contribution in [1.29, 1.82) is 0 Å². The summed E-state index contributed by atoms with van der Waals surface area (Å²) in [6.07, 6.45) is 0.684. The number of thioether (sulfide) groups is 1. The second-order valence-electron chi connectivity index (χ2n) is 4.73. The molecule has 0 aromatic rings. The summed E-state index contributed by atoms with van der Waals surface area (Å²) in [5.74, 6) is -0.771. The number of hydrogen-bond donors (Lipinski definition) is 2. The van der Waals surface area contributed by atoms with E-state index in [4.69, 9.17) is 4.74 Å². The molecule has 0 radical (unpaired) electrons. The van der Waals surface area contributed by atoms with Crippen LogP contribution in [-0.4, -0.2) is 46.7 Å². The number of esters is 1. The summed E-state index contributed by atoms with van der Waals surface area (Å²) in [7, 11) is 0. The van der Waals surface area contributed by atoms with Crippen molar-refractivity contribution in [2.75, 3.05) is 12.0 Å². The first-order valence-corrected chi connectivity index (χ1v) is 6.77. The molecule has 0 aliphatic carbocycles. The smallest absolute Gasteiger partial charge is 0.328 e. The maximum absolute atomic E-state index is 11.6. The van der Waals surface area contributed by atoms with Crippen molar-refractivity contribution in [3.8, 4) is 0 Å². The van der Waals surface area contributed by atoms with Gasteiger partial charge in [-0.15, -0.1) is 0 Å². The first-order valence-electron chi connectivity index (χ1n) is 5.37. The molecule has 0 aromatic heterocycles. The Morgan fingerprint density at radius 3 is 2.35 bits per heavy atom. The highest BCUT2D eigenvalue weighted by Gasteiger charge is 2.25. The molecule has 5 nitrogen and oxygen atoms in total. The van der Waals surface area contributed by atoms with Crippen molar-refractivity contribution in [3.63, 3.8) is 0 Å². The van der Waals surface area contributed by atoms with Crippen molar-refractivity contribution in [2.45, 2.75) is 45.4 Å².